The normalized spacial score (nSPS) is 9.86. The minimum atomic E-state index is 0.397. The zero-order valence-corrected chi connectivity index (χ0v) is 12.8. The summed E-state index contributed by atoms with van der Waals surface area (Å²) in [6.45, 7) is 3.43. The van der Waals surface area contributed by atoms with Gasteiger partial charge in [-0.2, -0.15) is 0 Å². The lowest BCUT2D eigenvalue weighted by atomic mass is 10.1. The van der Waals surface area contributed by atoms with E-state index in [4.69, 9.17) is 5.73 Å². The minimum absolute atomic E-state index is 0.397. The fourth-order valence-electron chi connectivity index (χ4n) is 2.25. The first-order valence-electron chi connectivity index (χ1n) is 7.31. The molecule has 0 aliphatic heterocycles. The number of aryl methyl sites for hydroxylation is 1. The minimum Gasteiger partial charge on any atom is -0.370 e. The van der Waals surface area contributed by atoms with Crippen molar-refractivity contribution in [2.45, 2.75) is 19.9 Å². The van der Waals surface area contributed by atoms with Crippen molar-refractivity contribution in [1.82, 2.24) is 0 Å². The van der Waals surface area contributed by atoms with Crippen LogP contribution in [0, 0.1) is 11.8 Å². The Kier molecular flexibility index (Phi) is 5.43. The van der Waals surface area contributed by atoms with Gasteiger partial charge in [0.05, 0.1) is 6.54 Å². The topological polar surface area (TPSA) is 29.3 Å². The van der Waals surface area contributed by atoms with E-state index in [0.29, 0.717) is 6.54 Å². The van der Waals surface area contributed by atoms with Gasteiger partial charge in [0.25, 0.3) is 0 Å². The first kappa shape index (κ1) is 15.2. The van der Waals surface area contributed by atoms with Gasteiger partial charge in [-0.1, -0.05) is 43.0 Å². The molecule has 0 amide bonds. The summed E-state index contributed by atoms with van der Waals surface area (Å²) in [5, 5.41) is 0. The third-order valence-electron chi connectivity index (χ3n) is 3.47. The highest BCUT2D eigenvalue weighted by Gasteiger charge is 2.02. The predicted molar refractivity (Wildman–Crippen MR) is 90.3 cm³/mol. The number of nitrogens with zero attached hydrogens (tertiary/aromatic N) is 1. The Morgan fingerprint density at radius 1 is 1.05 bits per heavy atom. The Hall–Kier alpha value is -2.24. The average molecular weight is 278 g/mol. The molecule has 0 aliphatic carbocycles. The van der Waals surface area contributed by atoms with Crippen molar-refractivity contribution in [2.75, 3.05) is 18.5 Å². The van der Waals surface area contributed by atoms with Gasteiger partial charge in [0, 0.05) is 24.8 Å². The highest BCUT2D eigenvalue weighted by molar-refractivity contribution is 5.48. The summed E-state index contributed by atoms with van der Waals surface area (Å²) in [4.78, 5) is 2.24. The van der Waals surface area contributed by atoms with Crippen LogP contribution >= 0.6 is 0 Å². The molecular weight excluding hydrogens is 256 g/mol. The second kappa shape index (κ2) is 7.52. The lowest BCUT2D eigenvalue weighted by molar-refractivity contribution is 0.921. The van der Waals surface area contributed by atoms with Gasteiger partial charge < -0.3 is 10.6 Å². The lowest BCUT2D eigenvalue weighted by Gasteiger charge is -2.20. The molecule has 2 N–H and O–H groups in total. The molecule has 2 aromatic rings. The molecule has 0 radical (unpaired) electrons. The van der Waals surface area contributed by atoms with Crippen LogP contribution in [-0.2, 0) is 13.0 Å². The highest BCUT2D eigenvalue weighted by Crippen LogP contribution is 2.17. The van der Waals surface area contributed by atoms with Crippen LogP contribution in [0.25, 0.3) is 0 Å². The van der Waals surface area contributed by atoms with Crippen LogP contribution in [0.3, 0.4) is 0 Å². The summed E-state index contributed by atoms with van der Waals surface area (Å²) in [6, 6.07) is 17.0. The third-order valence-corrected chi connectivity index (χ3v) is 3.47. The van der Waals surface area contributed by atoms with Gasteiger partial charge in [-0.25, -0.2) is 0 Å². The van der Waals surface area contributed by atoms with E-state index in [2.05, 4.69) is 67.1 Å². The molecule has 0 heterocycles. The Balaban J connectivity index is 2.09. The summed E-state index contributed by atoms with van der Waals surface area (Å²) in [7, 11) is 2.11. The van der Waals surface area contributed by atoms with Gasteiger partial charge in [-0.05, 0) is 41.8 Å². The molecule has 0 saturated carbocycles. The van der Waals surface area contributed by atoms with Crippen molar-refractivity contribution < 1.29 is 0 Å². The fourth-order valence-corrected chi connectivity index (χ4v) is 2.25. The van der Waals surface area contributed by atoms with Gasteiger partial charge >= 0.3 is 0 Å². The summed E-state index contributed by atoms with van der Waals surface area (Å²) in [5.74, 6) is 5.97. The largest absolute Gasteiger partial charge is 0.370 e. The van der Waals surface area contributed by atoms with E-state index in [9.17, 15) is 0 Å². The molecule has 108 valence electrons. The van der Waals surface area contributed by atoms with E-state index in [0.717, 1.165) is 18.5 Å². The summed E-state index contributed by atoms with van der Waals surface area (Å²) >= 11 is 0. The van der Waals surface area contributed by atoms with E-state index in [-0.39, 0.29) is 0 Å². The smallest absolute Gasteiger partial charge is 0.0555 e. The quantitative estimate of drug-likeness (QED) is 0.870. The molecule has 0 fully saturated rings. The van der Waals surface area contributed by atoms with Crippen molar-refractivity contribution in [3.05, 3.63) is 65.2 Å². The van der Waals surface area contributed by atoms with Gasteiger partial charge in [-0.15, -0.1) is 0 Å². The maximum Gasteiger partial charge on any atom is 0.0555 e. The van der Waals surface area contributed by atoms with Gasteiger partial charge in [0.1, 0.15) is 0 Å². The summed E-state index contributed by atoms with van der Waals surface area (Å²) in [5.41, 5.74) is 10.3. The van der Waals surface area contributed by atoms with Crippen molar-refractivity contribution in [3.8, 4) is 11.8 Å². The average Bonchev–Trinajstić information content (AvgIpc) is 2.53. The zero-order valence-electron chi connectivity index (χ0n) is 12.8. The molecule has 21 heavy (non-hydrogen) atoms. The molecule has 2 heteroatoms. The molecule has 0 spiro atoms. The van der Waals surface area contributed by atoms with Crippen molar-refractivity contribution in [3.63, 3.8) is 0 Å². The lowest BCUT2D eigenvalue weighted by Crippen LogP contribution is -2.16. The van der Waals surface area contributed by atoms with Crippen molar-refractivity contribution >= 4 is 5.69 Å². The monoisotopic (exact) mass is 278 g/mol. The number of anilines is 1. The third kappa shape index (κ3) is 4.37. The second-order valence-electron chi connectivity index (χ2n) is 5.08. The molecule has 0 aromatic heterocycles. The molecule has 0 saturated heterocycles. The summed E-state index contributed by atoms with van der Waals surface area (Å²) in [6.07, 6.45) is 1.08. The molecule has 2 aromatic carbocycles. The maximum atomic E-state index is 5.41. The van der Waals surface area contributed by atoms with Crippen LogP contribution in [-0.4, -0.2) is 13.6 Å². The molecule has 0 atom stereocenters. The van der Waals surface area contributed by atoms with Crippen LogP contribution in [0.5, 0.6) is 0 Å². The van der Waals surface area contributed by atoms with Crippen LogP contribution in [0.15, 0.2) is 48.5 Å². The molecule has 0 aliphatic rings. The standard InChI is InChI=1S/C19H22N2/c1-3-16-9-11-19(12-10-16)21(2)15-18-7-4-6-17(14-18)8-5-13-20/h4,6-7,9-12,14H,3,13,15,20H2,1-2H3. The van der Waals surface area contributed by atoms with E-state index >= 15 is 0 Å². The molecule has 0 bridgehead atoms. The number of hydrogen-bond donors (Lipinski definition) is 1. The molecule has 2 nitrogen and oxygen atoms in total. The van der Waals surface area contributed by atoms with Gasteiger partial charge in [-0.3, -0.25) is 0 Å². The van der Waals surface area contributed by atoms with Crippen LogP contribution in [0.2, 0.25) is 0 Å². The predicted octanol–water partition coefficient (Wildman–Crippen LogP) is 3.20. The van der Waals surface area contributed by atoms with Crippen molar-refractivity contribution in [2.24, 2.45) is 5.73 Å². The zero-order chi connectivity index (χ0) is 15.1. The Labute approximate surface area is 127 Å². The molecule has 0 unspecified atom stereocenters. The number of hydrogen-bond acceptors (Lipinski definition) is 2. The SMILES string of the molecule is CCc1ccc(N(C)Cc2cccc(C#CCN)c2)cc1. The Morgan fingerprint density at radius 3 is 2.48 bits per heavy atom. The van der Waals surface area contributed by atoms with Gasteiger partial charge in [0.2, 0.25) is 0 Å². The first-order valence-corrected chi connectivity index (χ1v) is 7.31. The van der Waals surface area contributed by atoms with E-state index in [1.54, 1.807) is 0 Å². The van der Waals surface area contributed by atoms with Crippen LogP contribution < -0.4 is 10.6 Å². The van der Waals surface area contributed by atoms with E-state index in [1.165, 1.54) is 16.8 Å². The highest BCUT2D eigenvalue weighted by atomic mass is 15.1. The van der Waals surface area contributed by atoms with E-state index < -0.39 is 0 Å². The molecule has 2 rings (SSSR count). The van der Waals surface area contributed by atoms with Crippen LogP contribution in [0.1, 0.15) is 23.6 Å². The van der Waals surface area contributed by atoms with Crippen molar-refractivity contribution in [1.29, 1.82) is 0 Å². The van der Waals surface area contributed by atoms with Crippen LogP contribution in [0.4, 0.5) is 5.69 Å². The number of nitrogens with two attached hydrogens (primary N) is 1. The fraction of sp³-hybridized carbons (Fsp3) is 0.263. The second-order valence-corrected chi connectivity index (χ2v) is 5.08. The number of benzene rings is 2. The molecular formula is C19H22N2. The number of rotatable bonds is 4. The maximum absolute atomic E-state index is 5.41. The van der Waals surface area contributed by atoms with E-state index in [1.807, 2.05) is 12.1 Å². The summed E-state index contributed by atoms with van der Waals surface area (Å²) < 4.78 is 0. The first-order chi connectivity index (χ1) is 10.2. The Morgan fingerprint density at radius 2 is 1.81 bits per heavy atom. The Bertz CT molecular complexity index is 633. The van der Waals surface area contributed by atoms with Gasteiger partial charge in [0.15, 0.2) is 0 Å².